The first-order valence-corrected chi connectivity index (χ1v) is 8.05. The molecule has 2 heterocycles. The van der Waals surface area contributed by atoms with Crippen LogP contribution in [0.1, 0.15) is 40.6 Å². The van der Waals surface area contributed by atoms with Gasteiger partial charge in [-0.3, -0.25) is 4.79 Å². The third kappa shape index (κ3) is 2.50. The first-order valence-electron chi connectivity index (χ1n) is 8.05. The number of carbonyl (C=O) groups excluding carboxylic acids is 1. The fourth-order valence-electron chi connectivity index (χ4n) is 3.37. The number of hydrogen-bond acceptors (Lipinski definition) is 2. The Morgan fingerprint density at radius 2 is 2.09 bits per heavy atom. The second-order valence-electron chi connectivity index (χ2n) is 6.17. The lowest BCUT2D eigenvalue weighted by Gasteiger charge is -2.23. The number of rotatable bonds is 2. The van der Waals surface area contributed by atoms with Crippen molar-refractivity contribution in [3.05, 3.63) is 65.5 Å². The van der Waals surface area contributed by atoms with E-state index in [4.69, 9.17) is 0 Å². The average molecular weight is 305 g/mol. The van der Waals surface area contributed by atoms with Crippen LogP contribution in [0.5, 0.6) is 0 Å². The number of carbonyl (C=O) groups is 1. The lowest BCUT2D eigenvalue weighted by atomic mass is 10.1. The monoisotopic (exact) mass is 305 g/mol. The van der Waals surface area contributed by atoms with Crippen molar-refractivity contribution in [2.75, 3.05) is 6.54 Å². The van der Waals surface area contributed by atoms with Gasteiger partial charge in [0.05, 0.1) is 17.1 Å². The minimum Gasteiger partial charge on any atom is -0.340 e. The fraction of sp³-hybridized carbons (Fsp3) is 0.263. The molecule has 1 aliphatic rings. The molecule has 1 N–H and O–H groups in total. The highest BCUT2D eigenvalue weighted by molar-refractivity contribution is 5.94. The molecule has 0 radical (unpaired) electrons. The highest BCUT2D eigenvalue weighted by Crippen LogP contribution is 2.32. The van der Waals surface area contributed by atoms with Crippen molar-refractivity contribution >= 4 is 16.9 Å². The SMILES string of the molecule is Cc1cccc(C(=O)N2CCC[C@@H]2c2nc3ccccc3[nH]2)c1. The van der Waals surface area contributed by atoms with Crippen LogP contribution in [-0.2, 0) is 0 Å². The Labute approximate surface area is 135 Å². The molecule has 1 aromatic heterocycles. The molecule has 4 rings (SSSR count). The van der Waals surface area contributed by atoms with E-state index >= 15 is 0 Å². The summed E-state index contributed by atoms with van der Waals surface area (Å²) in [6, 6.07) is 15.8. The molecule has 3 aromatic rings. The van der Waals surface area contributed by atoms with Crippen molar-refractivity contribution in [3.8, 4) is 0 Å². The maximum absolute atomic E-state index is 12.9. The van der Waals surface area contributed by atoms with Crippen LogP contribution in [-0.4, -0.2) is 27.3 Å². The number of imidazole rings is 1. The summed E-state index contributed by atoms with van der Waals surface area (Å²) in [5.74, 6) is 0.987. The van der Waals surface area contributed by atoms with E-state index < -0.39 is 0 Å². The van der Waals surface area contributed by atoms with Crippen molar-refractivity contribution < 1.29 is 4.79 Å². The van der Waals surface area contributed by atoms with Crippen LogP contribution in [0, 0.1) is 6.92 Å². The van der Waals surface area contributed by atoms with Gasteiger partial charge in [0.25, 0.3) is 5.91 Å². The van der Waals surface area contributed by atoms with Crippen LogP contribution in [0.3, 0.4) is 0 Å². The van der Waals surface area contributed by atoms with Gasteiger partial charge in [0.15, 0.2) is 0 Å². The molecule has 2 aromatic carbocycles. The molecular formula is C19H19N3O. The number of likely N-dealkylation sites (tertiary alicyclic amines) is 1. The smallest absolute Gasteiger partial charge is 0.254 e. The second kappa shape index (κ2) is 5.54. The third-order valence-corrected chi connectivity index (χ3v) is 4.50. The number of fused-ring (bicyclic) bond motifs is 1. The van der Waals surface area contributed by atoms with Gasteiger partial charge in [0.1, 0.15) is 5.82 Å². The van der Waals surface area contributed by atoms with E-state index in [1.807, 2.05) is 60.4 Å². The summed E-state index contributed by atoms with van der Waals surface area (Å²) in [4.78, 5) is 22.9. The van der Waals surface area contributed by atoms with Crippen LogP contribution < -0.4 is 0 Å². The summed E-state index contributed by atoms with van der Waals surface area (Å²) in [6.07, 6.45) is 1.97. The van der Waals surface area contributed by atoms with Crippen LogP contribution in [0.4, 0.5) is 0 Å². The minimum absolute atomic E-state index is 0.0374. The summed E-state index contributed by atoms with van der Waals surface area (Å²) >= 11 is 0. The van der Waals surface area contributed by atoms with Crippen molar-refractivity contribution in [3.63, 3.8) is 0 Å². The summed E-state index contributed by atoms with van der Waals surface area (Å²) in [7, 11) is 0. The van der Waals surface area contributed by atoms with Gasteiger partial charge in [0.2, 0.25) is 0 Å². The Morgan fingerprint density at radius 1 is 1.22 bits per heavy atom. The number of hydrogen-bond donors (Lipinski definition) is 1. The van der Waals surface area contributed by atoms with Crippen molar-refractivity contribution in [1.82, 2.24) is 14.9 Å². The Hall–Kier alpha value is -2.62. The predicted molar refractivity (Wildman–Crippen MR) is 90.3 cm³/mol. The Kier molecular flexibility index (Phi) is 3.37. The number of amides is 1. The zero-order chi connectivity index (χ0) is 15.8. The molecule has 1 atom stereocenters. The largest absolute Gasteiger partial charge is 0.340 e. The van der Waals surface area contributed by atoms with E-state index in [9.17, 15) is 4.79 Å². The molecule has 116 valence electrons. The molecule has 1 aliphatic heterocycles. The van der Waals surface area contributed by atoms with Crippen LogP contribution in [0.15, 0.2) is 48.5 Å². The van der Waals surface area contributed by atoms with Crippen LogP contribution in [0.25, 0.3) is 11.0 Å². The van der Waals surface area contributed by atoms with E-state index in [2.05, 4.69) is 9.97 Å². The molecule has 1 fully saturated rings. The van der Waals surface area contributed by atoms with Crippen molar-refractivity contribution in [1.29, 1.82) is 0 Å². The molecule has 0 bridgehead atoms. The van der Waals surface area contributed by atoms with Gasteiger partial charge in [-0.1, -0.05) is 29.8 Å². The van der Waals surface area contributed by atoms with Gasteiger partial charge in [-0.2, -0.15) is 0 Å². The van der Waals surface area contributed by atoms with Gasteiger partial charge in [-0.25, -0.2) is 4.98 Å². The number of aryl methyl sites for hydroxylation is 1. The van der Waals surface area contributed by atoms with Gasteiger partial charge in [0, 0.05) is 12.1 Å². The Balaban J connectivity index is 1.67. The molecule has 1 amide bonds. The number of H-pyrrole nitrogens is 1. The fourth-order valence-corrected chi connectivity index (χ4v) is 3.37. The average Bonchev–Trinajstić information content (AvgIpc) is 3.20. The van der Waals surface area contributed by atoms with Gasteiger partial charge >= 0.3 is 0 Å². The normalized spacial score (nSPS) is 17.8. The van der Waals surface area contributed by atoms with Crippen molar-refractivity contribution in [2.45, 2.75) is 25.8 Å². The van der Waals surface area contributed by atoms with Crippen LogP contribution >= 0.6 is 0 Å². The molecule has 0 unspecified atom stereocenters. The molecule has 4 heteroatoms. The predicted octanol–water partition coefficient (Wildman–Crippen LogP) is 3.85. The topological polar surface area (TPSA) is 49.0 Å². The number of aromatic nitrogens is 2. The molecule has 4 nitrogen and oxygen atoms in total. The molecule has 0 spiro atoms. The second-order valence-corrected chi connectivity index (χ2v) is 6.17. The Bertz CT molecular complexity index is 835. The lowest BCUT2D eigenvalue weighted by Crippen LogP contribution is -2.31. The standard InChI is InChI=1S/C19H19N3O/c1-13-6-4-7-14(12-13)19(23)22-11-5-10-17(22)18-20-15-8-2-3-9-16(15)21-18/h2-4,6-9,12,17H,5,10-11H2,1H3,(H,20,21)/t17-/m1/s1. The Morgan fingerprint density at radius 3 is 2.91 bits per heavy atom. The zero-order valence-electron chi connectivity index (χ0n) is 13.1. The van der Waals surface area contributed by atoms with Gasteiger partial charge in [-0.05, 0) is 44.0 Å². The quantitative estimate of drug-likeness (QED) is 0.782. The summed E-state index contributed by atoms with van der Waals surface area (Å²) in [5, 5.41) is 0. The number of aromatic amines is 1. The first-order chi connectivity index (χ1) is 11.2. The number of nitrogens with one attached hydrogen (secondary N) is 1. The van der Waals surface area contributed by atoms with Gasteiger partial charge in [-0.15, -0.1) is 0 Å². The van der Waals surface area contributed by atoms with Gasteiger partial charge < -0.3 is 9.88 Å². The molecule has 1 saturated heterocycles. The molecule has 0 aliphatic carbocycles. The van der Waals surface area contributed by atoms with E-state index in [1.54, 1.807) is 0 Å². The van der Waals surface area contributed by atoms with E-state index in [0.29, 0.717) is 0 Å². The maximum Gasteiger partial charge on any atom is 0.254 e. The van der Waals surface area contributed by atoms with E-state index in [0.717, 1.165) is 47.4 Å². The zero-order valence-corrected chi connectivity index (χ0v) is 13.1. The number of nitrogens with zero attached hydrogens (tertiary/aromatic N) is 2. The number of para-hydroxylation sites is 2. The summed E-state index contributed by atoms with van der Waals surface area (Å²) in [6.45, 7) is 2.80. The third-order valence-electron chi connectivity index (χ3n) is 4.50. The highest BCUT2D eigenvalue weighted by atomic mass is 16.2. The maximum atomic E-state index is 12.9. The van der Waals surface area contributed by atoms with Crippen LogP contribution in [0.2, 0.25) is 0 Å². The minimum atomic E-state index is 0.0374. The lowest BCUT2D eigenvalue weighted by molar-refractivity contribution is 0.0730. The van der Waals surface area contributed by atoms with Crippen molar-refractivity contribution in [2.24, 2.45) is 0 Å². The molecule has 0 saturated carbocycles. The summed E-state index contributed by atoms with van der Waals surface area (Å²) in [5.41, 5.74) is 3.85. The van der Waals surface area contributed by atoms with E-state index in [-0.39, 0.29) is 11.9 Å². The number of benzene rings is 2. The highest BCUT2D eigenvalue weighted by Gasteiger charge is 2.32. The molecular weight excluding hydrogens is 286 g/mol. The first kappa shape index (κ1) is 14.0. The molecule has 23 heavy (non-hydrogen) atoms. The summed E-state index contributed by atoms with van der Waals surface area (Å²) < 4.78 is 0. The van der Waals surface area contributed by atoms with E-state index in [1.165, 1.54) is 0 Å².